The van der Waals surface area contributed by atoms with Gasteiger partial charge in [-0.1, -0.05) is 36.4 Å². The SMILES string of the molecule is CC(C)N(C(=O)COC(=O)CCc1c[nH]c2ccccc12)c1ccccc1. The number of para-hydroxylation sites is 2. The molecule has 0 spiro atoms. The van der Waals surface area contributed by atoms with Crippen molar-refractivity contribution in [1.29, 1.82) is 0 Å². The number of nitrogens with one attached hydrogen (secondary N) is 1. The van der Waals surface area contributed by atoms with Crippen LogP contribution in [-0.2, 0) is 20.7 Å². The summed E-state index contributed by atoms with van der Waals surface area (Å²) in [6, 6.07) is 17.3. The van der Waals surface area contributed by atoms with Gasteiger partial charge in [0.15, 0.2) is 6.61 Å². The molecule has 2 aromatic carbocycles. The molecule has 0 aliphatic heterocycles. The lowest BCUT2D eigenvalue weighted by atomic mass is 10.1. The molecule has 0 radical (unpaired) electrons. The average Bonchev–Trinajstić information content (AvgIpc) is 3.08. The van der Waals surface area contributed by atoms with Gasteiger partial charge in [-0.2, -0.15) is 0 Å². The van der Waals surface area contributed by atoms with Crippen molar-refractivity contribution in [2.24, 2.45) is 0 Å². The lowest BCUT2D eigenvalue weighted by Gasteiger charge is -2.26. The van der Waals surface area contributed by atoms with Crippen LogP contribution in [0.15, 0.2) is 60.8 Å². The third-order valence-electron chi connectivity index (χ3n) is 4.45. The van der Waals surface area contributed by atoms with Crippen molar-refractivity contribution < 1.29 is 14.3 Å². The molecule has 1 aromatic heterocycles. The van der Waals surface area contributed by atoms with Crippen LogP contribution in [0.4, 0.5) is 5.69 Å². The van der Waals surface area contributed by atoms with E-state index in [1.807, 2.05) is 74.6 Å². The van der Waals surface area contributed by atoms with Gasteiger partial charge in [-0.3, -0.25) is 9.59 Å². The molecular formula is C22H24N2O3. The van der Waals surface area contributed by atoms with E-state index < -0.39 is 0 Å². The third kappa shape index (κ3) is 4.56. The Bertz CT molecular complexity index is 915. The van der Waals surface area contributed by atoms with E-state index in [1.54, 1.807) is 4.90 Å². The number of anilines is 1. The Morgan fingerprint density at radius 3 is 2.48 bits per heavy atom. The van der Waals surface area contributed by atoms with Crippen LogP contribution in [0.1, 0.15) is 25.8 Å². The second kappa shape index (κ2) is 8.54. The fourth-order valence-corrected chi connectivity index (χ4v) is 3.18. The van der Waals surface area contributed by atoms with Gasteiger partial charge in [0.1, 0.15) is 0 Å². The Hall–Kier alpha value is -3.08. The Morgan fingerprint density at radius 1 is 1.04 bits per heavy atom. The highest BCUT2D eigenvalue weighted by Crippen LogP contribution is 2.19. The monoisotopic (exact) mass is 364 g/mol. The van der Waals surface area contributed by atoms with E-state index in [4.69, 9.17) is 4.74 Å². The van der Waals surface area contributed by atoms with Crippen LogP contribution in [0.3, 0.4) is 0 Å². The maximum Gasteiger partial charge on any atom is 0.306 e. The largest absolute Gasteiger partial charge is 0.456 e. The van der Waals surface area contributed by atoms with E-state index >= 15 is 0 Å². The van der Waals surface area contributed by atoms with Crippen molar-refractivity contribution in [2.75, 3.05) is 11.5 Å². The van der Waals surface area contributed by atoms with E-state index in [0.29, 0.717) is 6.42 Å². The molecule has 0 fully saturated rings. The minimum absolute atomic E-state index is 0.0233. The molecule has 1 heterocycles. The molecule has 0 aliphatic carbocycles. The van der Waals surface area contributed by atoms with Gasteiger partial charge in [-0.25, -0.2) is 0 Å². The number of carbonyl (C=O) groups is 2. The molecular weight excluding hydrogens is 340 g/mol. The summed E-state index contributed by atoms with van der Waals surface area (Å²) in [6.07, 6.45) is 2.73. The number of hydrogen-bond donors (Lipinski definition) is 1. The van der Waals surface area contributed by atoms with Gasteiger partial charge in [0.05, 0.1) is 0 Å². The van der Waals surface area contributed by atoms with E-state index in [-0.39, 0.29) is 30.9 Å². The summed E-state index contributed by atoms with van der Waals surface area (Å²) in [7, 11) is 0. The standard InChI is InChI=1S/C22H24N2O3/c1-16(2)24(18-8-4-3-5-9-18)21(25)15-27-22(26)13-12-17-14-23-20-11-7-6-10-19(17)20/h3-11,14,16,23H,12-13,15H2,1-2H3. The number of aryl methyl sites for hydroxylation is 1. The second-order valence-corrected chi connectivity index (χ2v) is 6.71. The predicted molar refractivity (Wildman–Crippen MR) is 107 cm³/mol. The Morgan fingerprint density at radius 2 is 1.74 bits per heavy atom. The summed E-state index contributed by atoms with van der Waals surface area (Å²) in [5.41, 5.74) is 2.92. The summed E-state index contributed by atoms with van der Waals surface area (Å²) in [6.45, 7) is 3.62. The molecule has 0 saturated carbocycles. The molecule has 0 bridgehead atoms. The number of amides is 1. The number of H-pyrrole nitrogens is 1. The highest BCUT2D eigenvalue weighted by molar-refractivity contribution is 5.95. The van der Waals surface area contributed by atoms with Gasteiger partial charge in [0.2, 0.25) is 0 Å². The van der Waals surface area contributed by atoms with Gasteiger partial charge in [-0.15, -0.1) is 0 Å². The number of ether oxygens (including phenoxy) is 1. The van der Waals surface area contributed by atoms with E-state index in [0.717, 1.165) is 22.2 Å². The van der Waals surface area contributed by atoms with Gasteiger partial charge >= 0.3 is 5.97 Å². The zero-order valence-corrected chi connectivity index (χ0v) is 15.6. The number of fused-ring (bicyclic) bond motifs is 1. The Labute approximate surface area is 158 Å². The number of carbonyl (C=O) groups excluding carboxylic acids is 2. The normalized spacial score (nSPS) is 10.9. The first kappa shape index (κ1) is 18.7. The van der Waals surface area contributed by atoms with Crippen molar-refractivity contribution >= 4 is 28.5 Å². The number of nitrogens with zero attached hydrogens (tertiary/aromatic N) is 1. The molecule has 0 atom stereocenters. The molecule has 3 rings (SSSR count). The molecule has 1 amide bonds. The number of hydrogen-bond acceptors (Lipinski definition) is 3. The van der Waals surface area contributed by atoms with Gasteiger partial charge in [0, 0.05) is 35.2 Å². The first-order chi connectivity index (χ1) is 13.1. The van der Waals surface area contributed by atoms with Crippen molar-refractivity contribution in [1.82, 2.24) is 4.98 Å². The zero-order valence-electron chi connectivity index (χ0n) is 15.6. The number of aromatic nitrogens is 1. The summed E-state index contributed by atoms with van der Waals surface area (Å²) >= 11 is 0. The Balaban J connectivity index is 1.54. The molecule has 0 unspecified atom stereocenters. The zero-order chi connectivity index (χ0) is 19.2. The lowest BCUT2D eigenvalue weighted by molar-refractivity contribution is -0.147. The summed E-state index contributed by atoms with van der Waals surface area (Å²) in [5.74, 6) is -0.595. The average molecular weight is 364 g/mol. The van der Waals surface area contributed by atoms with Crippen LogP contribution in [0.25, 0.3) is 10.9 Å². The van der Waals surface area contributed by atoms with Crippen LogP contribution in [-0.4, -0.2) is 29.5 Å². The fraction of sp³-hybridized carbons (Fsp3) is 0.273. The number of esters is 1. The summed E-state index contributed by atoms with van der Waals surface area (Å²) in [5, 5.41) is 1.11. The van der Waals surface area contributed by atoms with E-state index in [9.17, 15) is 9.59 Å². The first-order valence-electron chi connectivity index (χ1n) is 9.14. The minimum atomic E-state index is -0.370. The van der Waals surface area contributed by atoms with Crippen molar-refractivity contribution in [3.8, 4) is 0 Å². The smallest absolute Gasteiger partial charge is 0.306 e. The third-order valence-corrected chi connectivity index (χ3v) is 4.45. The van der Waals surface area contributed by atoms with E-state index in [2.05, 4.69) is 4.98 Å². The molecule has 140 valence electrons. The minimum Gasteiger partial charge on any atom is -0.456 e. The number of rotatable bonds is 7. The molecule has 0 saturated heterocycles. The predicted octanol–water partition coefficient (Wildman–Crippen LogP) is 4.09. The van der Waals surface area contributed by atoms with Crippen LogP contribution in [0.2, 0.25) is 0 Å². The van der Waals surface area contributed by atoms with Crippen LogP contribution >= 0.6 is 0 Å². The quantitative estimate of drug-likeness (QED) is 0.643. The second-order valence-electron chi connectivity index (χ2n) is 6.71. The number of aromatic amines is 1. The molecule has 5 nitrogen and oxygen atoms in total. The maximum atomic E-state index is 12.5. The van der Waals surface area contributed by atoms with Crippen LogP contribution < -0.4 is 4.90 Å². The van der Waals surface area contributed by atoms with Crippen molar-refractivity contribution in [3.63, 3.8) is 0 Å². The van der Waals surface area contributed by atoms with Crippen LogP contribution in [0, 0.1) is 0 Å². The highest BCUT2D eigenvalue weighted by Gasteiger charge is 2.20. The lowest BCUT2D eigenvalue weighted by Crippen LogP contribution is -2.39. The first-order valence-corrected chi connectivity index (χ1v) is 9.14. The maximum absolute atomic E-state index is 12.5. The van der Waals surface area contributed by atoms with Crippen molar-refractivity contribution in [3.05, 3.63) is 66.4 Å². The molecule has 5 heteroatoms. The molecule has 0 aliphatic rings. The van der Waals surface area contributed by atoms with E-state index in [1.165, 1.54) is 0 Å². The molecule has 3 aromatic rings. The Kier molecular flexibility index (Phi) is 5.91. The van der Waals surface area contributed by atoms with Gasteiger partial charge < -0.3 is 14.6 Å². The van der Waals surface area contributed by atoms with Crippen molar-refractivity contribution in [2.45, 2.75) is 32.7 Å². The number of benzene rings is 2. The molecule has 27 heavy (non-hydrogen) atoms. The molecule has 1 N–H and O–H groups in total. The van der Waals surface area contributed by atoms with Gasteiger partial charge in [0.25, 0.3) is 5.91 Å². The highest BCUT2D eigenvalue weighted by atomic mass is 16.5. The summed E-state index contributed by atoms with van der Waals surface area (Å²) < 4.78 is 5.23. The fourth-order valence-electron chi connectivity index (χ4n) is 3.18. The summed E-state index contributed by atoms with van der Waals surface area (Å²) in [4.78, 5) is 29.5. The van der Waals surface area contributed by atoms with Gasteiger partial charge in [-0.05, 0) is 44.0 Å². The topological polar surface area (TPSA) is 62.4 Å². The van der Waals surface area contributed by atoms with Crippen LogP contribution in [0.5, 0.6) is 0 Å².